The third kappa shape index (κ3) is 5.76. The van der Waals surface area contributed by atoms with E-state index in [1.807, 2.05) is 16.6 Å². The average molecular weight is 518 g/mol. The van der Waals surface area contributed by atoms with Crippen LogP contribution in [-0.2, 0) is 23.9 Å². The van der Waals surface area contributed by atoms with Gasteiger partial charge in [-0.05, 0) is 74.5 Å². The lowest BCUT2D eigenvalue weighted by molar-refractivity contribution is -0.138. The van der Waals surface area contributed by atoms with Crippen molar-refractivity contribution in [3.05, 3.63) is 58.4 Å². The van der Waals surface area contributed by atoms with Crippen LogP contribution in [0, 0.1) is 12.8 Å². The zero-order chi connectivity index (χ0) is 26.0. The lowest BCUT2D eigenvalue weighted by atomic mass is 9.93. The molecule has 0 unspecified atom stereocenters. The SMILES string of the molecule is Cc1c(Cc2c(CN3CCC(CCO)CC3)nc3ccc(N4CCOCC4)nn23)cccc1C(F)(F)F. The highest BCUT2D eigenvalue weighted by atomic mass is 19.4. The van der Waals surface area contributed by atoms with E-state index >= 15 is 0 Å². The molecule has 4 heterocycles. The van der Waals surface area contributed by atoms with Crippen LogP contribution in [0.5, 0.6) is 0 Å². The molecule has 2 aliphatic rings. The Bertz CT molecular complexity index is 1210. The second kappa shape index (κ2) is 11.0. The predicted octanol–water partition coefficient (Wildman–Crippen LogP) is 4.08. The van der Waals surface area contributed by atoms with Crippen LogP contribution in [0.2, 0.25) is 0 Å². The monoisotopic (exact) mass is 517 g/mol. The molecule has 37 heavy (non-hydrogen) atoms. The van der Waals surface area contributed by atoms with Gasteiger partial charge in [0.2, 0.25) is 0 Å². The van der Waals surface area contributed by atoms with Crippen LogP contribution >= 0.6 is 0 Å². The molecule has 1 aromatic carbocycles. The minimum atomic E-state index is -4.40. The number of piperidine rings is 1. The van der Waals surface area contributed by atoms with Gasteiger partial charge in [-0.3, -0.25) is 4.90 Å². The first-order valence-corrected chi connectivity index (χ1v) is 13.0. The second-order valence-corrected chi connectivity index (χ2v) is 10.1. The smallest absolute Gasteiger partial charge is 0.396 e. The molecular weight excluding hydrogens is 483 g/mol. The van der Waals surface area contributed by atoms with Crippen LogP contribution in [0.3, 0.4) is 0 Å². The maximum atomic E-state index is 13.6. The summed E-state index contributed by atoms with van der Waals surface area (Å²) in [5.41, 5.74) is 2.63. The predicted molar refractivity (Wildman–Crippen MR) is 135 cm³/mol. The third-order valence-electron chi connectivity index (χ3n) is 7.70. The molecule has 2 aliphatic heterocycles. The van der Waals surface area contributed by atoms with E-state index < -0.39 is 11.7 Å². The summed E-state index contributed by atoms with van der Waals surface area (Å²) in [6.07, 6.45) is -1.21. The van der Waals surface area contributed by atoms with Crippen LogP contribution in [0.4, 0.5) is 19.0 Å². The highest BCUT2D eigenvalue weighted by Gasteiger charge is 2.33. The molecular formula is C27H34F3N5O2. The van der Waals surface area contributed by atoms with E-state index in [2.05, 4.69) is 9.80 Å². The van der Waals surface area contributed by atoms with E-state index in [0.717, 1.165) is 68.7 Å². The Morgan fingerprint density at radius 2 is 1.81 bits per heavy atom. The third-order valence-corrected chi connectivity index (χ3v) is 7.70. The molecule has 2 saturated heterocycles. The van der Waals surface area contributed by atoms with Gasteiger partial charge in [-0.2, -0.15) is 13.2 Å². The average Bonchev–Trinajstić information content (AvgIpc) is 3.22. The van der Waals surface area contributed by atoms with E-state index in [1.54, 1.807) is 13.0 Å². The number of halogens is 3. The van der Waals surface area contributed by atoms with E-state index in [9.17, 15) is 18.3 Å². The summed E-state index contributed by atoms with van der Waals surface area (Å²) in [6, 6.07) is 8.28. The second-order valence-electron chi connectivity index (χ2n) is 10.1. The van der Waals surface area contributed by atoms with Crippen LogP contribution < -0.4 is 4.90 Å². The first-order chi connectivity index (χ1) is 17.8. The molecule has 0 spiro atoms. The number of benzene rings is 1. The molecule has 0 amide bonds. The van der Waals surface area contributed by atoms with Crippen LogP contribution in [0.15, 0.2) is 30.3 Å². The van der Waals surface area contributed by atoms with E-state index in [-0.39, 0.29) is 12.2 Å². The fraction of sp³-hybridized carbons (Fsp3) is 0.556. The first-order valence-electron chi connectivity index (χ1n) is 13.0. The number of aromatic nitrogens is 3. The van der Waals surface area contributed by atoms with E-state index in [1.165, 1.54) is 6.07 Å². The zero-order valence-electron chi connectivity index (χ0n) is 21.2. The largest absolute Gasteiger partial charge is 0.416 e. The van der Waals surface area contributed by atoms with Crippen LogP contribution in [0.1, 0.15) is 47.3 Å². The van der Waals surface area contributed by atoms with Crippen molar-refractivity contribution in [2.45, 2.75) is 45.3 Å². The molecule has 5 rings (SSSR count). The van der Waals surface area contributed by atoms with Crippen molar-refractivity contribution < 1.29 is 23.0 Å². The molecule has 7 nitrogen and oxygen atoms in total. The number of ether oxygens (including phenoxy) is 1. The van der Waals surface area contributed by atoms with Gasteiger partial charge in [-0.1, -0.05) is 12.1 Å². The number of nitrogens with zero attached hydrogens (tertiary/aromatic N) is 5. The fourth-order valence-corrected chi connectivity index (χ4v) is 5.47. The fourth-order valence-electron chi connectivity index (χ4n) is 5.47. The molecule has 200 valence electrons. The summed E-state index contributed by atoms with van der Waals surface area (Å²) in [5, 5.41) is 14.2. The molecule has 0 bridgehead atoms. The summed E-state index contributed by atoms with van der Waals surface area (Å²) < 4.78 is 48.2. The number of aliphatic hydroxyl groups is 1. The van der Waals surface area contributed by atoms with Crippen molar-refractivity contribution in [2.75, 3.05) is 50.9 Å². The molecule has 0 aliphatic carbocycles. The van der Waals surface area contributed by atoms with Crippen molar-refractivity contribution in [1.82, 2.24) is 19.5 Å². The van der Waals surface area contributed by atoms with Gasteiger partial charge < -0.3 is 14.7 Å². The number of likely N-dealkylation sites (tertiary alicyclic amines) is 1. The topological polar surface area (TPSA) is 66.1 Å². The summed E-state index contributed by atoms with van der Waals surface area (Å²) in [6.45, 7) is 6.95. The number of aliphatic hydroxyl groups excluding tert-OH is 1. The standard InChI is InChI=1S/C27H34F3N5O2/c1-19-21(3-2-4-22(19)27(28,29)30)17-24-23(18-33-10-7-20(8-11-33)9-14-36)31-25-5-6-26(32-35(24)25)34-12-15-37-16-13-34/h2-6,20,36H,7-18H2,1H3. The maximum Gasteiger partial charge on any atom is 0.416 e. The van der Waals surface area contributed by atoms with Gasteiger partial charge in [0.05, 0.1) is 30.2 Å². The normalized spacial score (nSPS) is 18.1. The van der Waals surface area contributed by atoms with Crippen molar-refractivity contribution in [3.63, 3.8) is 0 Å². The zero-order valence-corrected chi connectivity index (χ0v) is 21.2. The number of rotatable bonds is 7. The Morgan fingerprint density at radius 1 is 1.05 bits per heavy atom. The van der Waals surface area contributed by atoms with Crippen molar-refractivity contribution in [1.29, 1.82) is 0 Å². The first kappa shape index (κ1) is 25.9. The number of morpholine rings is 1. The van der Waals surface area contributed by atoms with Gasteiger partial charge in [-0.25, -0.2) is 9.50 Å². The van der Waals surface area contributed by atoms with Gasteiger partial charge >= 0.3 is 6.18 Å². The van der Waals surface area contributed by atoms with Gasteiger partial charge in [0.15, 0.2) is 5.65 Å². The maximum absolute atomic E-state index is 13.6. The highest BCUT2D eigenvalue weighted by Crippen LogP contribution is 2.34. The minimum absolute atomic E-state index is 0.217. The molecule has 1 N–H and O–H groups in total. The van der Waals surface area contributed by atoms with Gasteiger partial charge in [0.1, 0.15) is 5.82 Å². The Morgan fingerprint density at radius 3 is 2.51 bits per heavy atom. The number of imidazole rings is 1. The number of hydrogen-bond donors (Lipinski definition) is 1. The summed E-state index contributed by atoms with van der Waals surface area (Å²) >= 11 is 0. The highest BCUT2D eigenvalue weighted by molar-refractivity contribution is 5.50. The molecule has 0 radical (unpaired) electrons. The Balaban J connectivity index is 1.50. The molecule has 0 saturated carbocycles. The Kier molecular flexibility index (Phi) is 7.69. The van der Waals surface area contributed by atoms with Crippen molar-refractivity contribution in [2.24, 2.45) is 5.92 Å². The van der Waals surface area contributed by atoms with Gasteiger partial charge in [0, 0.05) is 32.7 Å². The lowest BCUT2D eigenvalue weighted by Gasteiger charge is -2.31. The summed E-state index contributed by atoms with van der Waals surface area (Å²) in [7, 11) is 0. The molecule has 0 atom stereocenters. The Labute approximate surface area is 214 Å². The number of anilines is 1. The van der Waals surface area contributed by atoms with Crippen molar-refractivity contribution in [3.8, 4) is 0 Å². The van der Waals surface area contributed by atoms with Crippen LogP contribution in [-0.4, -0.2) is 70.6 Å². The number of alkyl halides is 3. The quantitative estimate of drug-likeness (QED) is 0.510. The van der Waals surface area contributed by atoms with Gasteiger partial charge in [-0.15, -0.1) is 5.10 Å². The molecule has 3 aromatic rings. The minimum Gasteiger partial charge on any atom is -0.396 e. The van der Waals surface area contributed by atoms with Crippen molar-refractivity contribution >= 4 is 11.5 Å². The Hall–Kier alpha value is -2.69. The molecule has 10 heteroatoms. The van der Waals surface area contributed by atoms with Gasteiger partial charge in [0.25, 0.3) is 0 Å². The van der Waals surface area contributed by atoms with E-state index in [4.69, 9.17) is 14.8 Å². The summed E-state index contributed by atoms with van der Waals surface area (Å²) in [4.78, 5) is 9.41. The number of hydrogen-bond acceptors (Lipinski definition) is 6. The van der Waals surface area contributed by atoms with E-state index in [0.29, 0.717) is 43.3 Å². The lowest BCUT2D eigenvalue weighted by Crippen LogP contribution is -2.37. The summed E-state index contributed by atoms with van der Waals surface area (Å²) in [5.74, 6) is 1.35. The molecule has 2 aromatic heterocycles. The number of fused-ring (bicyclic) bond motifs is 1. The molecule has 2 fully saturated rings. The van der Waals surface area contributed by atoms with Crippen LogP contribution in [0.25, 0.3) is 5.65 Å².